The highest BCUT2D eigenvalue weighted by atomic mass is 16.5. The van der Waals surface area contributed by atoms with Crippen molar-refractivity contribution < 1.29 is 9.53 Å². The molecule has 1 aliphatic heterocycles. The molecule has 98 valence electrons. The van der Waals surface area contributed by atoms with Crippen molar-refractivity contribution in [2.75, 3.05) is 13.7 Å². The van der Waals surface area contributed by atoms with Crippen molar-refractivity contribution in [2.45, 2.75) is 13.2 Å². The van der Waals surface area contributed by atoms with Crippen LogP contribution in [-0.2, 0) is 17.9 Å². The van der Waals surface area contributed by atoms with Crippen LogP contribution in [0.5, 0.6) is 0 Å². The second-order valence-corrected chi connectivity index (χ2v) is 4.38. The van der Waals surface area contributed by atoms with Crippen LogP contribution in [0.2, 0.25) is 0 Å². The van der Waals surface area contributed by atoms with Gasteiger partial charge >= 0.3 is 0 Å². The first-order valence-electron chi connectivity index (χ1n) is 6.26. The molecule has 1 aromatic heterocycles. The zero-order valence-electron chi connectivity index (χ0n) is 10.7. The van der Waals surface area contributed by atoms with E-state index in [1.807, 2.05) is 30.3 Å². The number of carbonyl (C=O) groups excluding carboxylic acids is 1. The summed E-state index contributed by atoms with van der Waals surface area (Å²) in [4.78, 5) is 16.4. The van der Waals surface area contributed by atoms with Crippen molar-refractivity contribution >= 4 is 5.91 Å². The van der Waals surface area contributed by atoms with Crippen molar-refractivity contribution in [3.63, 3.8) is 0 Å². The number of ether oxygens (including phenoxy) is 1. The Labute approximate surface area is 111 Å². The number of fused-ring (bicyclic) bond motifs is 1. The third-order valence-electron chi connectivity index (χ3n) is 3.24. The molecule has 1 aliphatic rings. The van der Waals surface area contributed by atoms with Crippen LogP contribution in [0.25, 0.3) is 11.4 Å². The minimum atomic E-state index is -0.170. The highest BCUT2D eigenvalue weighted by Crippen LogP contribution is 2.25. The van der Waals surface area contributed by atoms with Gasteiger partial charge in [0, 0.05) is 19.2 Å². The lowest BCUT2D eigenvalue weighted by Gasteiger charge is -2.17. The fraction of sp³-hybridized carbons (Fsp3) is 0.286. The highest BCUT2D eigenvalue weighted by Gasteiger charge is 2.24. The Hall–Kier alpha value is -2.14. The normalized spacial score (nSPS) is 13.9. The average Bonchev–Trinajstić information content (AvgIpc) is 2.87. The van der Waals surface area contributed by atoms with E-state index in [2.05, 4.69) is 14.9 Å². The van der Waals surface area contributed by atoms with Crippen LogP contribution in [0.1, 0.15) is 16.2 Å². The van der Waals surface area contributed by atoms with E-state index >= 15 is 0 Å². The topological polar surface area (TPSA) is 56.2 Å². The molecule has 1 aromatic carbocycles. The molecule has 5 nitrogen and oxygen atoms in total. The van der Waals surface area contributed by atoms with Crippen LogP contribution < -0.4 is 5.32 Å². The van der Waals surface area contributed by atoms with Crippen molar-refractivity contribution in [3.8, 4) is 11.4 Å². The van der Waals surface area contributed by atoms with Crippen molar-refractivity contribution in [3.05, 3.63) is 41.7 Å². The highest BCUT2D eigenvalue weighted by molar-refractivity contribution is 5.94. The molecule has 2 heterocycles. The number of rotatable bonds is 2. The van der Waals surface area contributed by atoms with Gasteiger partial charge in [-0.15, -0.1) is 0 Å². The summed E-state index contributed by atoms with van der Waals surface area (Å²) in [6.45, 7) is 1.81. The van der Waals surface area contributed by atoms with Gasteiger partial charge in [-0.05, 0) is 0 Å². The van der Waals surface area contributed by atoms with Crippen LogP contribution in [0, 0.1) is 0 Å². The zero-order chi connectivity index (χ0) is 13.2. The number of benzene rings is 1. The Kier molecular flexibility index (Phi) is 3.05. The van der Waals surface area contributed by atoms with E-state index in [4.69, 9.17) is 4.74 Å². The molecule has 0 saturated carbocycles. The quantitative estimate of drug-likeness (QED) is 0.885. The van der Waals surface area contributed by atoms with Crippen LogP contribution in [-0.4, -0.2) is 29.1 Å². The smallest absolute Gasteiger partial charge is 0.271 e. The number of imidazole rings is 1. The van der Waals surface area contributed by atoms with E-state index < -0.39 is 0 Å². The lowest BCUT2D eigenvalue weighted by Crippen LogP contribution is -2.23. The summed E-state index contributed by atoms with van der Waals surface area (Å²) in [6.07, 6.45) is 0. The monoisotopic (exact) mass is 257 g/mol. The van der Waals surface area contributed by atoms with Gasteiger partial charge in [-0.25, -0.2) is 4.98 Å². The first-order chi connectivity index (χ1) is 9.31. The molecule has 0 radical (unpaired) electrons. The van der Waals surface area contributed by atoms with E-state index in [0.29, 0.717) is 18.9 Å². The third-order valence-corrected chi connectivity index (χ3v) is 3.24. The lowest BCUT2D eigenvalue weighted by molar-refractivity contribution is 0.0819. The number of amides is 1. The minimum Gasteiger partial charge on any atom is -0.373 e. The van der Waals surface area contributed by atoms with E-state index in [1.165, 1.54) is 0 Å². The Morgan fingerprint density at radius 2 is 2.16 bits per heavy atom. The van der Waals surface area contributed by atoms with Gasteiger partial charge in [-0.1, -0.05) is 30.3 Å². The molecule has 3 rings (SSSR count). The van der Waals surface area contributed by atoms with Gasteiger partial charge < -0.3 is 14.6 Å². The lowest BCUT2D eigenvalue weighted by atomic mass is 10.2. The molecule has 0 saturated heterocycles. The van der Waals surface area contributed by atoms with E-state index in [9.17, 15) is 4.79 Å². The minimum absolute atomic E-state index is 0.170. The molecule has 1 N–H and O–H groups in total. The summed E-state index contributed by atoms with van der Waals surface area (Å²) in [5.41, 5.74) is 2.33. The first kappa shape index (κ1) is 11.9. The predicted molar refractivity (Wildman–Crippen MR) is 70.7 cm³/mol. The van der Waals surface area contributed by atoms with Gasteiger partial charge in [0.25, 0.3) is 5.91 Å². The molecule has 0 bridgehead atoms. The molecule has 5 heteroatoms. The van der Waals surface area contributed by atoms with Gasteiger partial charge in [0.2, 0.25) is 0 Å². The van der Waals surface area contributed by atoms with Crippen molar-refractivity contribution in [1.29, 1.82) is 0 Å². The molecule has 2 aromatic rings. The summed E-state index contributed by atoms with van der Waals surface area (Å²) in [5.74, 6) is 0.661. The SMILES string of the molecule is CNC(=O)c1nc(-c2ccccc2)n2c1COCC2. The maximum absolute atomic E-state index is 11.9. The molecular formula is C14H15N3O2. The number of carbonyl (C=O) groups is 1. The van der Waals surface area contributed by atoms with E-state index in [0.717, 1.165) is 23.6 Å². The molecule has 1 amide bonds. The van der Waals surface area contributed by atoms with Gasteiger partial charge in [-0.2, -0.15) is 0 Å². The maximum Gasteiger partial charge on any atom is 0.271 e. The van der Waals surface area contributed by atoms with Crippen LogP contribution in [0.3, 0.4) is 0 Å². The summed E-state index contributed by atoms with van der Waals surface area (Å²) < 4.78 is 7.51. The second kappa shape index (κ2) is 4.85. The predicted octanol–water partition coefficient (Wildman–Crippen LogP) is 1.44. The molecule has 19 heavy (non-hydrogen) atoms. The summed E-state index contributed by atoms with van der Waals surface area (Å²) in [5, 5.41) is 2.63. The Bertz CT molecular complexity index is 605. The standard InChI is InChI=1S/C14H15N3O2/c1-15-14(18)12-11-9-19-8-7-17(11)13(16-12)10-5-3-2-4-6-10/h2-6H,7-9H2,1H3,(H,15,18). The Morgan fingerprint density at radius 3 is 2.89 bits per heavy atom. The summed E-state index contributed by atoms with van der Waals surface area (Å²) >= 11 is 0. The maximum atomic E-state index is 11.9. The van der Waals surface area contributed by atoms with Gasteiger partial charge in [-0.3, -0.25) is 4.79 Å². The Balaban J connectivity index is 2.15. The molecule has 0 atom stereocenters. The van der Waals surface area contributed by atoms with Gasteiger partial charge in [0.1, 0.15) is 5.82 Å². The van der Waals surface area contributed by atoms with Crippen LogP contribution in [0.15, 0.2) is 30.3 Å². The molecular weight excluding hydrogens is 242 g/mol. The molecule has 0 aliphatic carbocycles. The average molecular weight is 257 g/mol. The van der Waals surface area contributed by atoms with Crippen molar-refractivity contribution in [1.82, 2.24) is 14.9 Å². The third kappa shape index (κ3) is 2.02. The zero-order valence-corrected chi connectivity index (χ0v) is 10.7. The first-order valence-corrected chi connectivity index (χ1v) is 6.26. The van der Waals surface area contributed by atoms with E-state index in [-0.39, 0.29) is 5.91 Å². The van der Waals surface area contributed by atoms with E-state index in [1.54, 1.807) is 7.05 Å². The van der Waals surface area contributed by atoms with Crippen LogP contribution in [0.4, 0.5) is 0 Å². The Morgan fingerprint density at radius 1 is 1.37 bits per heavy atom. The number of aromatic nitrogens is 2. The summed E-state index contributed by atoms with van der Waals surface area (Å²) in [6, 6.07) is 9.90. The number of hydrogen-bond acceptors (Lipinski definition) is 3. The molecule has 0 fully saturated rings. The molecule has 0 unspecified atom stereocenters. The molecule has 0 spiro atoms. The number of nitrogens with zero attached hydrogens (tertiary/aromatic N) is 2. The van der Waals surface area contributed by atoms with Gasteiger partial charge in [0.05, 0.1) is 18.9 Å². The fourth-order valence-electron chi connectivity index (χ4n) is 2.31. The summed E-state index contributed by atoms with van der Waals surface area (Å²) in [7, 11) is 1.61. The largest absolute Gasteiger partial charge is 0.373 e. The van der Waals surface area contributed by atoms with Crippen molar-refractivity contribution in [2.24, 2.45) is 0 Å². The van der Waals surface area contributed by atoms with Gasteiger partial charge in [0.15, 0.2) is 5.69 Å². The van der Waals surface area contributed by atoms with Crippen LogP contribution >= 0.6 is 0 Å². The fourth-order valence-corrected chi connectivity index (χ4v) is 2.31. The number of hydrogen-bond donors (Lipinski definition) is 1. The number of nitrogens with one attached hydrogen (secondary N) is 1. The second-order valence-electron chi connectivity index (χ2n) is 4.38.